The Bertz CT molecular complexity index is 149. The minimum atomic E-state index is 0.576. The minimum absolute atomic E-state index is 0.576. The summed E-state index contributed by atoms with van der Waals surface area (Å²) in [5.41, 5.74) is 0. The maximum absolute atomic E-state index is 8.34. The third-order valence-corrected chi connectivity index (χ3v) is 1.48. The van der Waals surface area contributed by atoms with Crippen molar-refractivity contribution in [1.29, 1.82) is 10.5 Å². The summed E-state index contributed by atoms with van der Waals surface area (Å²) >= 11 is 0. The van der Waals surface area contributed by atoms with E-state index in [1.807, 2.05) is 0 Å². The molecule has 0 saturated carbocycles. The molecule has 0 N–H and O–H groups in total. The Morgan fingerprint density at radius 3 is 2.18 bits per heavy atom. The Labute approximate surface area is 67.8 Å². The molecule has 0 atom stereocenters. The first-order chi connectivity index (χ1) is 5.35. The lowest BCUT2D eigenvalue weighted by Crippen LogP contribution is -2.11. The van der Waals surface area contributed by atoms with Crippen LogP contribution in [0.5, 0.6) is 0 Å². The van der Waals surface area contributed by atoms with E-state index in [4.69, 9.17) is 10.5 Å². The largest absolute Gasteiger partial charge is 0.216 e. The van der Waals surface area contributed by atoms with Gasteiger partial charge in [-0.25, -0.2) is 4.90 Å². The van der Waals surface area contributed by atoms with Crippen LogP contribution in [0.25, 0.3) is 0 Å². The van der Waals surface area contributed by atoms with E-state index >= 15 is 0 Å². The normalized spacial score (nSPS) is 8.27. The minimum Gasteiger partial charge on any atom is -0.216 e. The molecular formula is C8H13N3. The molecule has 0 aliphatic heterocycles. The van der Waals surface area contributed by atoms with Crippen molar-refractivity contribution in [3.8, 4) is 12.4 Å². The summed E-state index contributed by atoms with van der Waals surface area (Å²) in [4.78, 5) is 1.11. The lowest BCUT2D eigenvalue weighted by atomic mass is 10.2. The molecule has 0 unspecified atom stereocenters. The zero-order valence-corrected chi connectivity index (χ0v) is 6.88. The maximum Gasteiger partial charge on any atom is 0.193 e. The Morgan fingerprint density at radius 2 is 1.73 bits per heavy atom. The van der Waals surface area contributed by atoms with Gasteiger partial charge in [-0.05, 0) is 6.42 Å². The van der Waals surface area contributed by atoms with Crippen molar-refractivity contribution in [2.75, 3.05) is 6.54 Å². The summed E-state index contributed by atoms with van der Waals surface area (Å²) in [6.45, 7) is 2.71. The average Bonchev–Trinajstić information content (AvgIpc) is 2.05. The first-order valence-electron chi connectivity index (χ1n) is 3.92. The van der Waals surface area contributed by atoms with Crippen LogP contribution in [0.2, 0.25) is 0 Å². The van der Waals surface area contributed by atoms with Crippen molar-refractivity contribution < 1.29 is 0 Å². The molecule has 0 amide bonds. The quantitative estimate of drug-likeness (QED) is 0.342. The molecule has 11 heavy (non-hydrogen) atoms. The maximum atomic E-state index is 8.34. The smallest absolute Gasteiger partial charge is 0.193 e. The highest BCUT2D eigenvalue weighted by Crippen LogP contribution is 1.99. The first-order valence-corrected chi connectivity index (χ1v) is 3.92. The van der Waals surface area contributed by atoms with Gasteiger partial charge in [0.1, 0.15) is 0 Å². The van der Waals surface area contributed by atoms with E-state index in [0.717, 1.165) is 17.7 Å². The summed E-state index contributed by atoms with van der Waals surface area (Å²) in [7, 11) is 0. The van der Waals surface area contributed by atoms with Gasteiger partial charge < -0.3 is 0 Å². The van der Waals surface area contributed by atoms with Crippen molar-refractivity contribution in [2.24, 2.45) is 0 Å². The van der Waals surface area contributed by atoms with Gasteiger partial charge >= 0.3 is 0 Å². The fourth-order valence-electron chi connectivity index (χ4n) is 0.819. The van der Waals surface area contributed by atoms with E-state index in [9.17, 15) is 0 Å². The molecular weight excluding hydrogens is 138 g/mol. The van der Waals surface area contributed by atoms with E-state index < -0.39 is 0 Å². The summed E-state index contributed by atoms with van der Waals surface area (Å²) in [6, 6.07) is 0. The molecule has 60 valence electrons. The van der Waals surface area contributed by atoms with Gasteiger partial charge in [-0.3, -0.25) is 0 Å². The van der Waals surface area contributed by atoms with Gasteiger partial charge in [0.2, 0.25) is 0 Å². The lowest BCUT2D eigenvalue weighted by Gasteiger charge is -2.02. The van der Waals surface area contributed by atoms with Gasteiger partial charge in [0.15, 0.2) is 12.4 Å². The number of unbranched alkanes of at least 4 members (excludes halogenated alkanes) is 3. The zero-order chi connectivity index (χ0) is 8.53. The second-order valence-corrected chi connectivity index (χ2v) is 2.41. The first kappa shape index (κ1) is 9.78. The second-order valence-electron chi connectivity index (χ2n) is 2.41. The van der Waals surface area contributed by atoms with Gasteiger partial charge in [-0.1, -0.05) is 26.2 Å². The molecule has 0 aliphatic carbocycles. The van der Waals surface area contributed by atoms with Gasteiger partial charge in [-0.15, -0.1) is 0 Å². The van der Waals surface area contributed by atoms with Crippen molar-refractivity contribution in [1.82, 2.24) is 4.90 Å². The molecule has 0 aromatic heterocycles. The molecule has 0 saturated heterocycles. The molecule has 0 bridgehead atoms. The number of hydrogen-bond acceptors (Lipinski definition) is 3. The summed E-state index contributed by atoms with van der Waals surface area (Å²) < 4.78 is 0. The molecule has 0 spiro atoms. The SMILES string of the molecule is CCCCCCN(C#N)C#N. The number of nitrogens with zero attached hydrogens (tertiary/aromatic N) is 3. The van der Waals surface area contributed by atoms with Crippen LogP contribution in [0.15, 0.2) is 0 Å². The Balaban J connectivity index is 3.25. The number of nitriles is 2. The highest BCUT2D eigenvalue weighted by Gasteiger charge is 1.96. The standard InChI is InChI=1S/C8H13N3/c1-2-3-4-5-6-11(7-9)8-10/h2-6H2,1H3. The van der Waals surface area contributed by atoms with Crippen molar-refractivity contribution >= 4 is 0 Å². The lowest BCUT2D eigenvalue weighted by molar-refractivity contribution is 0.499. The second kappa shape index (κ2) is 6.89. The molecule has 0 rings (SSSR count). The highest BCUT2D eigenvalue weighted by atomic mass is 15.1. The predicted octanol–water partition coefficient (Wildman–Crippen LogP) is 1.83. The summed E-state index contributed by atoms with van der Waals surface area (Å²) in [5.74, 6) is 0. The van der Waals surface area contributed by atoms with Crippen LogP contribution in [0.4, 0.5) is 0 Å². The van der Waals surface area contributed by atoms with Crippen LogP contribution in [-0.4, -0.2) is 11.4 Å². The van der Waals surface area contributed by atoms with Gasteiger partial charge in [0.05, 0.1) is 0 Å². The van der Waals surface area contributed by atoms with Gasteiger partial charge in [0, 0.05) is 6.54 Å². The Morgan fingerprint density at radius 1 is 1.09 bits per heavy atom. The third kappa shape index (κ3) is 5.24. The van der Waals surface area contributed by atoms with Crippen LogP contribution < -0.4 is 0 Å². The molecule has 3 nitrogen and oxygen atoms in total. The van der Waals surface area contributed by atoms with Crippen LogP contribution in [-0.2, 0) is 0 Å². The fraction of sp³-hybridized carbons (Fsp3) is 0.750. The molecule has 0 radical (unpaired) electrons. The van der Waals surface area contributed by atoms with Crippen LogP contribution in [0.1, 0.15) is 32.6 Å². The topological polar surface area (TPSA) is 50.8 Å². The van der Waals surface area contributed by atoms with Crippen molar-refractivity contribution in [2.45, 2.75) is 32.6 Å². The van der Waals surface area contributed by atoms with Crippen LogP contribution in [0.3, 0.4) is 0 Å². The average molecular weight is 151 g/mol. The Kier molecular flexibility index (Phi) is 6.13. The van der Waals surface area contributed by atoms with E-state index in [2.05, 4.69) is 6.92 Å². The highest BCUT2D eigenvalue weighted by molar-refractivity contribution is 4.85. The van der Waals surface area contributed by atoms with E-state index in [1.54, 1.807) is 12.4 Å². The summed E-state index contributed by atoms with van der Waals surface area (Å²) in [5, 5.41) is 16.7. The third-order valence-electron chi connectivity index (χ3n) is 1.48. The molecule has 0 aromatic carbocycles. The predicted molar refractivity (Wildman–Crippen MR) is 42.1 cm³/mol. The number of rotatable bonds is 5. The van der Waals surface area contributed by atoms with E-state index in [1.165, 1.54) is 12.8 Å². The van der Waals surface area contributed by atoms with E-state index in [-0.39, 0.29) is 0 Å². The van der Waals surface area contributed by atoms with Gasteiger partial charge in [0.25, 0.3) is 0 Å². The molecule has 3 heteroatoms. The number of hydrogen-bond donors (Lipinski definition) is 0. The molecule has 0 fully saturated rings. The van der Waals surface area contributed by atoms with E-state index in [0.29, 0.717) is 6.54 Å². The molecule has 0 aromatic rings. The molecule has 0 heterocycles. The Hall–Kier alpha value is -1.22. The monoisotopic (exact) mass is 151 g/mol. The van der Waals surface area contributed by atoms with Crippen molar-refractivity contribution in [3.63, 3.8) is 0 Å². The van der Waals surface area contributed by atoms with Gasteiger partial charge in [-0.2, -0.15) is 10.5 Å². The fourth-order valence-corrected chi connectivity index (χ4v) is 0.819. The zero-order valence-electron chi connectivity index (χ0n) is 6.88. The van der Waals surface area contributed by atoms with Crippen molar-refractivity contribution in [3.05, 3.63) is 0 Å². The van der Waals surface area contributed by atoms with Crippen LogP contribution >= 0.6 is 0 Å². The van der Waals surface area contributed by atoms with Crippen LogP contribution in [0, 0.1) is 22.9 Å². The summed E-state index contributed by atoms with van der Waals surface area (Å²) in [6.07, 6.45) is 8.01. The molecule has 0 aliphatic rings.